The molecule has 0 aliphatic rings. The Morgan fingerprint density at radius 2 is 1.56 bits per heavy atom. The molecule has 32 heavy (non-hydrogen) atoms. The smallest absolute Gasteiger partial charge is 0.180 e. The van der Waals surface area contributed by atoms with Gasteiger partial charge in [0.2, 0.25) is 0 Å². The van der Waals surface area contributed by atoms with Crippen LogP contribution in [0.1, 0.15) is 30.0 Å². The van der Waals surface area contributed by atoms with Gasteiger partial charge >= 0.3 is 0 Å². The molecule has 4 N–H and O–H groups in total. The average Bonchev–Trinajstić information content (AvgIpc) is 2.82. The molecule has 0 amide bonds. The molecular weight excluding hydrogens is 418 g/mol. The summed E-state index contributed by atoms with van der Waals surface area (Å²) >= 11 is 6.29. The number of para-hydroxylation sites is 1. The standard InChI is InChI=1S/C26H26ClN5/c1-3-17-30-23-16-10-8-13-20(23)18(2)31-26(24(28)19-11-5-4-6-12-19)32-25(29)21-14-7-9-15-22(21)27/h4-16,28,30H,2-3,17H2,1H3,(H2,29,31,32). The number of amidine groups is 2. The van der Waals surface area contributed by atoms with E-state index < -0.39 is 0 Å². The van der Waals surface area contributed by atoms with Crippen LogP contribution in [0.25, 0.3) is 5.70 Å². The molecule has 0 heterocycles. The minimum absolute atomic E-state index is 0.140. The summed E-state index contributed by atoms with van der Waals surface area (Å²) in [5.41, 5.74) is 9.91. The molecule has 0 fully saturated rings. The molecule has 0 atom stereocenters. The first-order chi connectivity index (χ1) is 15.5. The number of hydrogen-bond acceptors (Lipinski definition) is 3. The summed E-state index contributed by atoms with van der Waals surface area (Å²) in [6.07, 6.45) is 0.993. The number of nitrogens with two attached hydrogens (primary N) is 1. The average molecular weight is 444 g/mol. The predicted octanol–water partition coefficient (Wildman–Crippen LogP) is 6.00. The van der Waals surface area contributed by atoms with Gasteiger partial charge in [0.05, 0.1) is 10.7 Å². The highest BCUT2D eigenvalue weighted by molar-refractivity contribution is 6.49. The minimum Gasteiger partial charge on any atom is -0.385 e. The highest BCUT2D eigenvalue weighted by Gasteiger charge is 2.14. The summed E-state index contributed by atoms with van der Waals surface area (Å²) in [7, 11) is 0. The number of aliphatic imine (C=N–C) groups is 2. The Hall–Kier alpha value is -3.70. The van der Waals surface area contributed by atoms with Crippen molar-refractivity contribution in [2.75, 3.05) is 11.9 Å². The molecule has 3 aromatic carbocycles. The zero-order valence-corrected chi connectivity index (χ0v) is 18.7. The van der Waals surface area contributed by atoms with Crippen LogP contribution in [0, 0.1) is 5.41 Å². The first-order valence-electron chi connectivity index (χ1n) is 10.4. The number of nitrogens with one attached hydrogen (secondary N) is 2. The van der Waals surface area contributed by atoms with E-state index in [9.17, 15) is 0 Å². The maximum Gasteiger partial charge on any atom is 0.180 e. The molecule has 0 aliphatic carbocycles. The zero-order chi connectivity index (χ0) is 22.9. The van der Waals surface area contributed by atoms with Crippen molar-refractivity contribution >= 4 is 40.4 Å². The molecule has 0 spiro atoms. The van der Waals surface area contributed by atoms with E-state index in [0.29, 0.717) is 21.8 Å². The molecule has 3 aromatic rings. The number of rotatable bonds is 8. The van der Waals surface area contributed by atoms with E-state index in [-0.39, 0.29) is 17.4 Å². The predicted molar refractivity (Wildman–Crippen MR) is 137 cm³/mol. The number of anilines is 1. The Balaban J connectivity index is 2.06. The van der Waals surface area contributed by atoms with Gasteiger partial charge in [-0.3, -0.25) is 5.41 Å². The third-order valence-electron chi connectivity index (χ3n) is 4.71. The molecule has 0 aromatic heterocycles. The lowest BCUT2D eigenvalue weighted by Gasteiger charge is -2.12. The Bertz CT molecular complexity index is 1170. The van der Waals surface area contributed by atoms with Crippen LogP contribution in [0.15, 0.2) is 95.4 Å². The lowest BCUT2D eigenvalue weighted by Crippen LogP contribution is -2.21. The summed E-state index contributed by atoms with van der Waals surface area (Å²) in [6, 6.07) is 24.3. The number of nitrogens with zero attached hydrogens (tertiary/aromatic N) is 2. The van der Waals surface area contributed by atoms with E-state index in [1.165, 1.54) is 0 Å². The lowest BCUT2D eigenvalue weighted by molar-refractivity contribution is 0.979. The Morgan fingerprint density at radius 3 is 2.25 bits per heavy atom. The van der Waals surface area contributed by atoms with Crippen LogP contribution >= 0.6 is 11.6 Å². The fourth-order valence-corrected chi connectivity index (χ4v) is 3.28. The van der Waals surface area contributed by atoms with Crippen molar-refractivity contribution in [3.05, 3.63) is 107 Å². The molecule has 0 aliphatic heterocycles. The molecule has 0 radical (unpaired) electrons. The second-order valence-electron chi connectivity index (χ2n) is 7.07. The van der Waals surface area contributed by atoms with Gasteiger partial charge in [-0.15, -0.1) is 0 Å². The normalized spacial score (nSPS) is 11.8. The fraction of sp³-hybridized carbons (Fsp3) is 0.115. The minimum atomic E-state index is 0.140. The largest absolute Gasteiger partial charge is 0.385 e. The summed E-state index contributed by atoms with van der Waals surface area (Å²) in [6.45, 7) is 7.08. The van der Waals surface area contributed by atoms with Crippen LogP contribution in [0.5, 0.6) is 0 Å². The van der Waals surface area contributed by atoms with Crippen molar-refractivity contribution in [2.24, 2.45) is 15.7 Å². The second-order valence-corrected chi connectivity index (χ2v) is 7.48. The van der Waals surface area contributed by atoms with Gasteiger partial charge in [0.1, 0.15) is 11.5 Å². The molecule has 0 bridgehead atoms. The van der Waals surface area contributed by atoms with Crippen LogP contribution in [0.3, 0.4) is 0 Å². The maximum atomic E-state index is 8.73. The second kappa shape index (κ2) is 11.1. The first-order valence-corrected chi connectivity index (χ1v) is 10.7. The highest BCUT2D eigenvalue weighted by Crippen LogP contribution is 2.24. The number of hydrogen-bond donors (Lipinski definition) is 3. The van der Waals surface area contributed by atoms with Crippen molar-refractivity contribution in [3.63, 3.8) is 0 Å². The third kappa shape index (κ3) is 5.71. The van der Waals surface area contributed by atoms with Gasteiger partial charge in [0, 0.05) is 28.9 Å². The zero-order valence-electron chi connectivity index (χ0n) is 18.0. The molecule has 5 nitrogen and oxygen atoms in total. The van der Waals surface area contributed by atoms with E-state index in [0.717, 1.165) is 24.2 Å². The highest BCUT2D eigenvalue weighted by atomic mass is 35.5. The van der Waals surface area contributed by atoms with Crippen LogP contribution in [-0.2, 0) is 0 Å². The Labute approximate surface area is 193 Å². The Morgan fingerprint density at radius 1 is 0.938 bits per heavy atom. The summed E-state index contributed by atoms with van der Waals surface area (Å²) in [5.74, 6) is 0.337. The van der Waals surface area contributed by atoms with Crippen molar-refractivity contribution in [1.29, 1.82) is 5.41 Å². The van der Waals surface area contributed by atoms with Crippen molar-refractivity contribution in [3.8, 4) is 0 Å². The van der Waals surface area contributed by atoms with Gasteiger partial charge in [0.25, 0.3) is 0 Å². The van der Waals surface area contributed by atoms with E-state index in [4.69, 9.17) is 22.7 Å². The van der Waals surface area contributed by atoms with E-state index in [2.05, 4.69) is 28.8 Å². The molecular formula is C26H26ClN5. The maximum absolute atomic E-state index is 8.73. The molecule has 162 valence electrons. The molecule has 0 unspecified atom stereocenters. The topological polar surface area (TPSA) is 86.6 Å². The van der Waals surface area contributed by atoms with Crippen molar-refractivity contribution in [2.45, 2.75) is 13.3 Å². The Kier molecular flexibility index (Phi) is 7.95. The molecule has 0 saturated heterocycles. The van der Waals surface area contributed by atoms with Crippen LogP contribution in [-0.4, -0.2) is 23.9 Å². The number of benzene rings is 3. The van der Waals surface area contributed by atoms with Gasteiger partial charge in [-0.2, -0.15) is 0 Å². The van der Waals surface area contributed by atoms with Gasteiger partial charge < -0.3 is 11.1 Å². The van der Waals surface area contributed by atoms with E-state index in [1.54, 1.807) is 12.1 Å². The van der Waals surface area contributed by atoms with Gasteiger partial charge in [0.15, 0.2) is 5.84 Å². The van der Waals surface area contributed by atoms with E-state index >= 15 is 0 Å². The molecule has 0 saturated carbocycles. The quantitative estimate of drug-likeness (QED) is 0.294. The van der Waals surface area contributed by atoms with Crippen molar-refractivity contribution < 1.29 is 0 Å². The summed E-state index contributed by atoms with van der Waals surface area (Å²) in [5, 5.41) is 12.6. The van der Waals surface area contributed by atoms with E-state index in [1.807, 2.05) is 66.7 Å². The fourth-order valence-electron chi connectivity index (χ4n) is 3.05. The van der Waals surface area contributed by atoms with Gasteiger partial charge in [-0.1, -0.05) is 85.8 Å². The van der Waals surface area contributed by atoms with Gasteiger partial charge in [-0.25, -0.2) is 9.98 Å². The van der Waals surface area contributed by atoms with Crippen molar-refractivity contribution in [1.82, 2.24) is 0 Å². The van der Waals surface area contributed by atoms with Crippen LogP contribution < -0.4 is 11.1 Å². The summed E-state index contributed by atoms with van der Waals surface area (Å²) < 4.78 is 0. The molecule has 3 rings (SSSR count). The van der Waals surface area contributed by atoms with Crippen LogP contribution in [0.4, 0.5) is 5.69 Å². The monoisotopic (exact) mass is 443 g/mol. The third-order valence-corrected chi connectivity index (χ3v) is 5.04. The molecule has 6 heteroatoms. The SMILES string of the molecule is C=C(N=C(N=C(N)c1ccccc1Cl)C(=N)c1ccccc1)c1ccccc1NCCC. The lowest BCUT2D eigenvalue weighted by atomic mass is 10.1. The summed E-state index contributed by atoms with van der Waals surface area (Å²) in [4.78, 5) is 9.13. The first kappa shape index (κ1) is 23.0. The van der Waals surface area contributed by atoms with Gasteiger partial charge in [-0.05, 0) is 24.6 Å². The number of halogens is 1. The van der Waals surface area contributed by atoms with Crippen LogP contribution in [0.2, 0.25) is 5.02 Å².